The molecule has 0 amide bonds. The van der Waals surface area contributed by atoms with Crippen molar-refractivity contribution in [2.24, 2.45) is 0 Å². The van der Waals surface area contributed by atoms with Crippen LogP contribution in [-0.2, 0) is 0 Å². The predicted octanol–water partition coefficient (Wildman–Crippen LogP) is 25.0. The summed E-state index contributed by atoms with van der Waals surface area (Å²) >= 11 is 0. The summed E-state index contributed by atoms with van der Waals surface area (Å²) in [7, 11) is 0. The fourth-order valence-corrected chi connectivity index (χ4v) is 15.0. The summed E-state index contributed by atoms with van der Waals surface area (Å²) < 4.78 is 2.34. The van der Waals surface area contributed by atoms with Crippen LogP contribution in [-0.4, -0.2) is 54.4 Å². The molecule has 0 N–H and O–H groups in total. The maximum atomic E-state index is 5.17. The molecule has 0 fully saturated rings. The number of hydrogen-bond acceptors (Lipinski definition) is 10. The number of rotatable bonds is 13. The highest BCUT2D eigenvalue weighted by molar-refractivity contribution is 6.09. The highest BCUT2D eigenvalue weighted by Gasteiger charge is 2.18. The van der Waals surface area contributed by atoms with E-state index in [0.717, 1.165) is 173 Å². The number of benzene rings is 12. The molecule has 0 saturated heterocycles. The van der Waals surface area contributed by atoms with Crippen LogP contribution < -0.4 is 0 Å². The Morgan fingerprint density at radius 3 is 0.858 bits per heavy atom. The Kier molecular flexibility index (Phi) is 17.3. The molecule has 0 bridgehead atoms. The molecule has 12 aromatic carbocycles. The second kappa shape index (κ2) is 29.3. The molecule has 0 spiro atoms. The van der Waals surface area contributed by atoms with E-state index in [1.807, 2.05) is 115 Å². The van der Waals surface area contributed by atoms with Crippen molar-refractivity contribution in [1.82, 2.24) is 54.4 Å². The lowest BCUT2D eigenvalue weighted by Crippen LogP contribution is -1.98. The average Bonchev–Trinajstić information content (AvgIpc) is 1.61. The third kappa shape index (κ3) is 13.5. The van der Waals surface area contributed by atoms with Gasteiger partial charge in [-0.1, -0.05) is 273 Å². The molecule has 9 aromatic heterocycles. The lowest BCUT2D eigenvalue weighted by atomic mass is 10.0. The van der Waals surface area contributed by atoms with E-state index in [1.54, 1.807) is 12.4 Å². The first-order valence-corrected chi connectivity index (χ1v) is 37.6. The van der Waals surface area contributed by atoms with Crippen LogP contribution in [0.1, 0.15) is 0 Å². The van der Waals surface area contributed by atoms with Gasteiger partial charge in [-0.25, -0.2) is 39.9 Å². The molecule has 11 heteroatoms. The number of hydrogen-bond donors (Lipinski definition) is 0. The fourth-order valence-electron chi connectivity index (χ4n) is 15.0. The zero-order valence-electron chi connectivity index (χ0n) is 60.9. The first kappa shape index (κ1) is 66.9. The maximum absolute atomic E-state index is 5.17. The van der Waals surface area contributed by atoms with Gasteiger partial charge in [-0.05, 0) is 131 Å². The van der Waals surface area contributed by atoms with Crippen LogP contribution >= 0.6 is 0 Å². The maximum Gasteiger partial charge on any atom is 0.160 e. The molecule has 11 nitrogen and oxygen atoms in total. The van der Waals surface area contributed by atoms with E-state index < -0.39 is 0 Å². The van der Waals surface area contributed by atoms with Gasteiger partial charge in [0, 0.05) is 94.9 Å². The average molecular weight is 1440 g/mol. The third-order valence-electron chi connectivity index (χ3n) is 20.8. The van der Waals surface area contributed by atoms with Gasteiger partial charge in [0.2, 0.25) is 0 Å². The molecule has 528 valence electrons. The molecule has 0 saturated carbocycles. The monoisotopic (exact) mass is 1440 g/mol. The summed E-state index contributed by atoms with van der Waals surface area (Å²) in [5.74, 6) is 1.38. The van der Waals surface area contributed by atoms with Crippen molar-refractivity contribution < 1.29 is 0 Å². The van der Waals surface area contributed by atoms with Gasteiger partial charge < -0.3 is 4.57 Å². The molecule has 9 heterocycles. The van der Waals surface area contributed by atoms with Gasteiger partial charge in [-0.15, -0.1) is 0 Å². The van der Waals surface area contributed by atoms with Gasteiger partial charge in [0.15, 0.2) is 11.6 Å². The molecule has 21 rings (SSSR count). The van der Waals surface area contributed by atoms with Crippen molar-refractivity contribution in [1.29, 1.82) is 0 Å². The smallest absolute Gasteiger partial charge is 0.160 e. The lowest BCUT2D eigenvalue weighted by Gasteiger charge is -2.12. The number of fused-ring (bicyclic) bond motifs is 7. The van der Waals surface area contributed by atoms with E-state index >= 15 is 0 Å². The molecule has 0 aliphatic carbocycles. The zero-order valence-corrected chi connectivity index (χ0v) is 60.9. The van der Waals surface area contributed by atoms with Crippen LogP contribution in [0.15, 0.2) is 395 Å². The number of para-hydroxylation sites is 2. The molecule has 0 unspecified atom stereocenters. The van der Waals surface area contributed by atoms with E-state index in [0.29, 0.717) is 11.6 Å². The quantitative estimate of drug-likeness (QED) is 0.110. The largest absolute Gasteiger partial charge is 0.309 e. The van der Waals surface area contributed by atoms with Crippen molar-refractivity contribution in [2.75, 3.05) is 0 Å². The van der Waals surface area contributed by atoms with Gasteiger partial charge in [0.1, 0.15) is 0 Å². The standard InChI is InChI=1S/C57H36N6.C45H29N5/c1-2-11-41(12-3-1)57-61-53(36-54(62-57)44-13-10-14-45(33-44)63-55-18-6-4-15-46(55)47-16-5-7-19-56(47)63)38-22-20-37(21-23-38)48-30-28-39-24-26-42(34-51(39)59-48)43-27-25-40-29-31-50(60-52(40)35-43)49-17-8-9-32-58-49;1-3-9-30(10-4-1)43-29-44(50-45(49-43)35-11-5-2-6-12-35)32-16-14-31(15-17-32)38-24-22-33-18-20-36(27-41(33)47-38)37-21-19-34-23-25-40(48-42(34)28-37)39-13-7-8-26-46-39/h1-36H;1-29H. The third-order valence-corrected chi connectivity index (χ3v) is 20.8. The molecule has 0 aliphatic heterocycles. The van der Waals surface area contributed by atoms with E-state index in [-0.39, 0.29) is 0 Å². The Morgan fingerprint density at radius 1 is 0.168 bits per heavy atom. The Labute approximate surface area is 651 Å². The summed E-state index contributed by atoms with van der Waals surface area (Å²) in [6, 6.07) is 132. The molecule has 0 radical (unpaired) electrons. The minimum Gasteiger partial charge on any atom is -0.309 e. The van der Waals surface area contributed by atoms with Gasteiger partial charge in [-0.3, -0.25) is 9.97 Å². The van der Waals surface area contributed by atoms with Crippen molar-refractivity contribution in [3.8, 4) is 141 Å². The lowest BCUT2D eigenvalue weighted by molar-refractivity contribution is 1.16. The molecule has 0 aliphatic rings. The van der Waals surface area contributed by atoms with Crippen LogP contribution in [0.5, 0.6) is 0 Å². The summed E-state index contributed by atoms with van der Waals surface area (Å²) in [5.41, 5.74) is 28.3. The highest BCUT2D eigenvalue weighted by Crippen LogP contribution is 2.38. The first-order chi connectivity index (χ1) is 55.9. The van der Waals surface area contributed by atoms with Crippen LogP contribution in [0.25, 0.3) is 206 Å². The van der Waals surface area contributed by atoms with Crippen molar-refractivity contribution in [2.45, 2.75) is 0 Å². The summed E-state index contributed by atoms with van der Waals surface area (Å²) in [4.78, 5) is 49.4. The van der Waals surface area contributed by atoms with Crippen molar-refractivity contribution in [3.63, 3.8) is 0 Å². The second-order valence-corrected chi connectivity index (χ2v) is 27.9. The molecular weight excluding hydrogens is 1380 g/mol. The van der Waals surface area contributed by atoms with E-state index in [1.165, 1.54) is 21.8 Å². The number of aromatic nitrogens is 11. The normalized spacial score (nSPS) is 11.4. The highest BCUT2D eigenvalue weighted by atomic mass is 15.0. The zero-order chi connectivity index (χ0) is 75.0. The molecule has 0 atom stereocenters. The van der Waals surface area contributed by atoms with Crippen LogP contribution in [0.2, 0.25) is 0 Å². The van der Waals surface area contributed by atoms with Crippen molar-refractivity contribution >= 4 is 65.4 Å². The van der Waals surface area contributed by atoms with Crippen LogP contribution in [0, 0.1) is 0 Å². The minimum atomic E-state index is 0.678. The minimum absolute atomic E-state index is 0.678. The Hall–Kier alpha value is -15.5. The first-order valence-electron chi connectivity index (χ1n) is 37.6. The van der Waals surface area contributed by atoms with E-state index in [4.69, 9.17) is 39.9 Å². The summed E-state index contributed by atoms with van der Waals surface area (Å²) in [5, 5.41) is 6.82. The van der Waals surface area contributed by atoms with Crippen LogP contribution in [0.4, 0.5) is 0 Å². The van der Waals surface area contributed by atoms with Gasteiger partial charge >= 0.3 is 0 Å². The van der Waals surface area contributed by atoms with Crippen molar-refractivity contribution in [3.05, 3.63) is 395 Å². The van der Waals surface area contributed by atoms with Gasteiger partial charge in [-0.2, -0.15) is 0 Å². The van der Waals surface area contributed by atoms with E-state index in [9.17, 15) is 0 Å². The van der Waals surface area contributed by atoms with Gasteiger partial charge in [0.25, 0.3) is 0 Å². The summed E-state index contributed by atoms with van der Waals surface area (Å²) in [6.45, 7) is 0. The second-order valence-electron chi connectivity index (χ2n) is 27.9. The summed E-state index contributed by atoms with van der Waals surface area (Å²) in [6.07, 6.45) is 3.59. The predicted molar refractivity (Wildman–Crippen MR) is 460 cm³/mol. The number of nitrogens with zero attached hydrogens (tertiary/aromatic N) is 11. The Balaban J connectivity index is 0.000000151. The van der Waals surface area contributed by atoms with Gasteiger partial charge in [0.05, 0.1) is 90.0 Å². The van der Waals surface area contributed by atoms with Crippen LogP contribution in [0.3, 0.4) is 0 Å². The molecule has 113 heavy (non-hydrogen) atoms. The molecular formula is C102H65N11. The molecule has 21 aromatic rings. The Morgan fingerprint density at radius 2 is 0.469 bits per heavy atom. The SMILES string of the molecule is c1ccc(-c2cc(-c3ccc(-c4ccc5ccc(-c6ccc7ccc(-c8ccccn8)nc7c6)cc5n4)cc3)nc(-c3ccccc3)n2)cc1.c1ccc(-c2nc(-c3ccc(-c4ccc5ccc(-c6ccc7ccc(-c8ccccn8)nc7c6)cc5n4)cc3)cc(-c3cccc(-n4c5ccccc5c5ccccc54)c3)n2)cc1. The fraction of sp³-hybridized carbons (Fsp3) is 0. The Bertz CT molecular complexity index is 7030. The number of pyridine rings is 6. The topological polar surface area (TPSA) is 134 Å². The van der Waals surface area contributed by atoms with E-state index in [2.05, 4.69) is 281 Å².